The number of amides is 1. The third-order valence-electron chi connectivity index (χ3n) is 3.50. The lowest BCUT2D eigenvalue weighted by atomic mass is 9.89. The minimum atomic E-state index is -0.481. The summed E-state index contributed by atoms with van der Waals surface area (Å²) in [7, 11) is 0. The first-order valence-corrected chi connectivity index (χ1v) is 7.19. The van der Waals surface area contributed by atoms with Gasteiger partial charge in [0.25, 0.3) is 0 Å². The Morgan fingerprint density at radius 3 is 2.26 bits per heavy atom. The van der Waals surface area contributed by atoms with Crippen molar-refractivity contribution < 1.29 is 14.3 Å². The Hall–Kier alpha value is -1.06. The van der Waals surface area contributed by atoms with Gasteiger partial charge in [-0.3, -0.25) is 9.59 Å². The molecular formula is C15H27NO3. The second kappa shape index (κ2) is 6.40. The van der Waals surface area contributed by atoms with E-state index in [0.717, 1.165) is 6.54 Å². The largest absolute Gasteiger partial charge is 0.460 e. The van der Waals surface area contributed by atoms with Gasteiger partial charge in [0.15, 0.2) is 0 Å². The van der Waals surface area contributed by atoms with Gasteiger partial charge in [0.05, 0.1) is 6.42 Å². The van der Waals surface area contributed by atoms with E-state index in [0.29, 0.717) is 0 Å². The van der Waals surface area contributed by atoms with Crippen LogP contribution in [0, 0.1) is 5.41 Å². The first-order valence-electron chi connectivity index (χ1n) is 7.19. The Morgan fingerprint density at radius 1 is 1.16 bits per heavy atom. The van der Waals surface area contributed by atoms with Gasteiger partial charge in [-0.25, -0.2) is 0 Å². The van der Waals surface area contributed by atoms with Crippen LogP contribution in [0.15, 0.2) is 0 Å². The quantitative estimate of drug-likeness (QED) is 0.781. The maximum atomic E-state index is 11.7. The molecule has 0 heterocycles. The molecule has 0 aromatic rings. The second-order valence-corrected chi connectivity index (χ2v) is 6.88. The molecule has 1 aliphatic rings. The number of esters is 1. The average Bonchev–Trinajstić information content (AvgIpc) is 2.69. The maximum Gasteiger partial charge on any atom is 0.306 e. The molecular weight excluding hydrogens is 242 g/mol. The van der Waals surface area contributed by atoms with Gasteiger partial charge in [-0.05, 0) is 39.0 Å². The molecule has 1 aliphatic carbocycles. The van der Waals surface area contributed by atoms with Crippen LogP contribution in [0.5, 0.6) is 0 Å². The topological polar surface area (TPSA) is 55.4 Å². The highest BCUT2D eigenvalue weighted by Crippen LogP contribution is 2.36. The van der Waals surface area contributed by atoms with E-state index in [4.69, 9.17) is 4.74 Å². The first-order chi connectivity index (χ1) is 8.70. The van der Waals surface area contributed by atoms with E-state index in [2.05, 4.69) is 12.2 Å². The molecule has 0 aromatic carbocycles. The molecule has 110 valence electrons. The van der Waals surface area contributed by atoms with Crippen molar-refractivity contribution in [2.45, 2.75) is 71.8 Å². The van der Waals surface area contributed by atoms with E-state index < -0.39 is 5.60 Å². The zero-order valence-electron chi connectivity index (χ0n) is 12.7. The summed E-state index contributed by atoms with van der Waals surface area (Å²) in [5.41, 5.74) is -0.230. The number of hydrogen-bond donors (Lipinski definition) is 1. The lowest BCUT2D eigenvalue weighted by Gasteiger charge is -2.23. The van der Waals surface area contributed by atoms with Gasteiger partial charge in [0.1, 0.15) is 5.60 Å². The van der Waals surface area contributed by atoms with Crippen LogP contribution in [0.2, 0.25) is 0 Å². The summed E-state index contributed by atoms with van der Waals surface area (Å²) in [6, 6.07) is 0. The Labute approximate surface area is 116 Å². The number of nitrogens with one attached hydrogen (secondary N) is 1. The normalized spacial score (nSPS) is 18.1. The molecule has 0 atom stereocenters. The highest BCUT2D eigenvalue weighted by Gasteiger charge is 2.28. The lowest BCUT2D eigenvalue weighted by Crippen LogP contribution is -2.34. The molecule has 0 aromatic heterocycles. The number of carbonyl (C=O) groups excluding carboxylic acids is 2. The van der Waals surface area contributed by atoms with Crippen molar-refractivity contribution in [1.82, 2.24) is 5.32 Å². The zero-order chi connectivity index (χ0) is 14.5. The molecule has 1 rings (SSSR count). The first kappa shape index (κ1) is 16.0. The second-order valence-electron chi connectivity index (χ2n) is 6.88. The molecule has 0 aliphatic heterocycles. The molecule has 1 N–H and O–H groups in total. The Balaban J connectivity index is 2.19. The third-order valence-corrected chi connectivity index (χ3v) is 3.50. The predicted octanol–water partition coefficient (Wildman–Crippen LogP) is 2.80. The maximum absolute atomic E-state index is 11.7. The Morgan fingerprint density at radius 2 is 1.74 bits per heavy atom. The summed E-state index contributed by atoms with van der Waals surface area (Å²) in [5.74, 6) is -0.367. The van der Waals surface area contributed by atoms with Crippen molar-refractivity contribution in [3.8, 4) is 0 Å². The highest BCUT2D eigenvalue weighted by atomic mass is 16.6. The molecule has 0 radical (unpaired) electrons. The van der Waals surface area contributed by atoms with Gasteiger partial charge < -0.3 is 10.1 Å². The summed E-state index contributed by atoms with van der Waals surface area (Å²) < 4.78 is 5.17. The van der Waals surface area contributed by atoms with E-state index in [1.807, 2.05) is 20.8 Å². The van der Waals surface area contributed by atoms with Gasteiger partial charge in [-0.1, -0.05) is 19.8 Å². The number of hydrogen-bond acceptors (Lipinski definition) is 3. The van der Waals surface area contributed by atoms with E-state index in [-0.39, 0.29) is 30.1 Å². The monoisotopic (exact) mass is 269 g/mol. The van der Waals surface area contributed by atoms with E-state index in [9.17, 15) is 9.59 Å². The lowest BCUT2D eigenvalue weighted by molar-refractivity contribution is -0.155. The van der Waals surface area contributed by atoms with E-state index in [1.165, 1.54) is 25.7 Å². The molecule has 0 saturated heterocycles. The third kappa shape index (κ3) is 6.60. The molecule has 0 bridgehead atoms. The standard InChI is InChI=1S/C15H27NO3/c1-14(2,3)19-13(18)8-7-12(17)16-11-15(4)9-5-6-10-15/h5-11H2,1-4H3,(H,16,17). The van der Waals surface area contributed by atoms with Crippen molar-refractivity contribution in [1.29, 1.82) is 0 Å². The summed E-state index contributed by atoms with van der Waals surface area (Å²) in [5, 5.41) is 2.94. The Kier molecular flexibility index (Phi) is 5.39. The van der Waals surface area contributed by atoms with Crippen LogP contribution >= 0.6 is 0 Å². The molecule has 4 nitrogen and oxygen atoms in total. The molecule has 1 saturated carbocycles. The summed E-state index contributed by atoms with van der Waals surface area (Å²) in [6.45, 7) is 8.41. The van der Waals surface area contributed by atoms with Crippen molar-refractivity contribution in [2.75, 3.05) is 6.54 Å². The highest BCUT2D eigenvalue weighted by molar-refractivity contribution is 5.81. The zero-order valence-corrected chi connectivity index (χ0v) is 12.7. The SMILES string of the molecule is CC1(CNC(=O)CCC(=O)OC(C)(C)C)CCCC1. The van der Waals surface area contributed by atoms with Gasteiger partial charge in [-0.2, -0.15) is 0 Å². The van der Waals surface area contributed by atoms with Crippen LogP contribution in [0.4, 0.5) is 0 Å². The molecule has 0 unspecified atom stereocenters. The molecule has 1 fully saturated rings. The average molecular weight is 269 g/mol. The van der Waals surface area contributed by atoms with Crippen molar-refractivity contribution in [2.24, 2.45) is 5.41 Å². The minimum absolute atomic E-state index is 0.0565. The Bertz CT molecular complexity index is 325. The van der Waals surface area contributed by atoms with Gasteiger partial charge in [0, 0.05) is 13.0 Å². The van der Waals surface area contributed by atoms with Crippen molar-refractivity contribution in [3.05, 3.63) is 0 Å². The van der Waals surface area contributed by atoms with Crippen molar-refractivity contribution in [3.63, 3.8) is 0 Å². The summed E-state index contributed by atoms with van der Waals surface area (Å²) in [6.07, 6.45) is 5.23. The van der Waals surface area contributed by atoms with Gasteiger partial charge in [0.2, 0.25) is 5.91 Å². The molecule has 0 spiro atoms. The molecule has 1 amide bonds. The van der Waals surface area contributed by atoms with Crippen LogP contribution in [0.3, 0.4) is 0 Å². The molecule has 19 heavy (non-hydrogen) atoms. The van der Waals surface area contributed by atoms with Crippen LogP contribution in [0.1, 0.15) is 66.2 Å². The predicted molar refractivity (Wildman–Crippen MR) is 74.7 cm³/mol. The molecule has 4 heteroatoms. The van der Waals surface area contributed by atoms with Gasteiger partial charge >= 0.3 is 5.97 Å². The minimum Gasteiger partial charge on any atom is -0.460 e. The smallest absolute Gasteiger partial charge is 0.306 e. The fraction of sp³-hybridized carbons (Fsp3) is 0.867. The number of rotatable bonds is 5. The summed E-state index contributed by atoms with van der Waals surface area (Å²) >= 11 is 0. The van der Waals surface area contributed by atoms with Gasteiger partial charge in [-0.15, -0.1) is 0 Å². The number of carbonyl (C=O) groups is 2. The van der Waals surface area contributed by atoms with Crippen molar-refractivity contribution >= 4 is 11.9 Å². The van der Waals surface area contributed by atoms with Crippen LogP contribution in [-0.4, -0.2) is 24.0 Å². The van der Waals surface area contributed by atoms with E-state index >= 15 is 0 Å². The van der Waals surface area contributed by atoms with E-state index in [1.54, 1.807) is 0 Å². The number of ether oxygens (including phenoxy) is 1. The summed E-state index contributed by atoms with van der Waals surface area (Å²) in [4.78, 5) is 23.2. The fourth-order valence-electron chi connectivity index (χ4n) is 2.41. The van der Waals surface area contributed by atoms with Crippen LogP contribution < -0.4 is 5.32 Å². The fourth-order valence-corrected chi connectivity index (χ4v) is 2.41. The van der Waals surface area contributed by atoms with Crippen LogP contribution in [-0.2, 0) is 14.3 Å². The van der Waals surface area contributed by atoms with Crippen LogP contribution in [0.25, 0.3) is 0 Å².